The first-order chi connectivity index (χ1) is 9.28. The van der Waals surface area contributed by atoms with Gasteiger partial charge in [0.15, 0.2) is 0 Å². The minimum Gasteiger partial charge on any atom is -0.465 e. The predicted octanol–water partition coefficient (Wildman–Crippen LogP) is 2.42. The highest BCUT2D eigenvalue weighted by atomic mass is 32.1. The molecule has 1 aromatic heterocycles. The molecule has 2 rings (SSSR count). The average Bonchev–Trinajstić information content (AvgIpc) is 2.90. The van der Waals surface area contributed by atoms with E-state index in [1.54, 1.807) is 11.3 Å². The molecule has 0 radical (unpaired) electrons. The lowest BCUT2D eigenvalue weighted by Crippen LogP contribution is -2.36. The van der Waals surface area contributed by atoms with Crippen LogP contribution in [0.4, 0.5) is 0 Å². The molecule has 2 heterocycles. The van der Waals surface area contributed by atoms with Crippen molar-refractivity contribution in [3.05, 3.63) is 22.4 Å². The van der Waals surface area contributed by atoms with Crippen LogP contribution in [0.2, 0.25) is 0 Å². The molecule has 5 heteroatoms. The molecule has 1 saturated heterocycles. The maximum atomic E-state index is 11.2. The smallest absolute Gasteiger partial charge is 0.320 e. The first kappa shape index (κ1) is 14.0. The van der Waals surface area contributed by atoms with Gasteiger partial charge in [0.2, 0.25) is 0 Å². The second-order valence-corrected chi connectivity index (χ2v) is 5.87. The van der Waals surface area contributed by atoms with Gasteiger partial charge in [-0.15, -0.1) is 11.3 Å². The van der Waals surface area contributed by atoms with Crippen molar-refractivity contribution < 1.29 is 9.53 Å². The third-order valence-corrected chi connectivity index (χ3v) is 4.13. The van der Waals surface area contributed by atoms with Crippen molar-refractivity contribution in [3.8, 4) is 6.07 Å². The molecule has 0 saturated carbocycles. The van der Waals surface area contributed by atoms with Crippen LogP contribution in [0.25, 0.3) is 0 Å². The lowest BCUT2D eigenvalue weighted by atomic mass is 9.99. The van der Waals surface area contributed by atoms with E-state index >= 15 is 0 Å². The number of hydrogen-bond donors (Lipinski definition) is 0. The van der Waals surface area contributed by atoms with E-state index in [0.717, 1.165) is 32.5 Å². The summed E-state index contributed by atoms with van der Waals surface area (Å²) in [5.41, 5.74) is 0. The first-order valence-corrected chi connectivity index (χ1v) is 7.43. The van der Waals surface area contributed by atoms with Crippen molar-refractivity contribution in [3.63, 3.8) is 0 Å². The Kier molecular flexibility index (Phi) is 5.37. The number of nitrogens with zero attached hydrogens (tertiary/aromatic N) is 2. The molecule has 0 bridgehead atoms. The van der Waals surface area contributed by atoms with Gasteiger partial charge in [-0.25, -0.2) is 0 Å². The molecule has 19 heavy (non-hydrogen) atoms. The molecule has 1 atom stereocenters. The molecule has 1 aliphatic heterocycles. The molecular weight excluding hydrogens is 260 g/mol. The Labute approximate surface area is 117 Å². The highest BCUT2D eigenvalue weighted by Gasteiger charge is 2.21. The summed E-state index contributed by atoms with van der Waals surface area (Å²) >= 11 is 1.78. The molecule has 1 aromatic rings. The summed E-state index contributed by atoms with van der Waals surface area (Å²) in [5, 5.41) is 10.5. The summed E-state index contributed by atoms with van der Waals surface area (Å²) in [6.07, 6.45) is 2.10. The Morgan fingerprint density at radius 2 is 2.53 bits per heavy atom. The van der Waals surface area contributed by atoms with Gasteiger partial charge in [-0.1, -0.05) is 6.07 Å². The van der Waals surface area contributed by atoms with Crippen LogP contribution in [0.1, 0.15) is 24.1 Å². The molecule has 0 aromatic carbocycles. The van der Waals surface area contributed by atoms with E-state index in [2.05, 4.69) is 22.4 Å². The Hall–Kier alpha value is -1.38. The minimum atomic E-state index is -0.405. The maximum Gasteiger partial charge on any atom is 0.320 e. The summed E-state index contributed by atoms with van der Waals surface area (Å²) in [7, 11) is 0. The molecule has 102 valence electrons. The number of piperidine rings is 1. The van der Waals surface area contributed by atoms with Gasteiger partial charge in [-0.3, -0.25) is 9.69 Å². The molecule has 1 aliphatic rings. The number of hydrogen-bond acceptors (Lipinski definition) is 5. The van der Waals surface area contributed by atoms with Crippen LogP contribution in [-0.2, 0) is 16.1 Å². The van der Waals surface area contributed by atoms with Crippen molar-refractivity contribution >= 4 is 17.3 Å². The van der Waals surface area contributed by atoms with Crippen molar-refractivity contribution in [2.24, 2.45) is 5.92 Å². The second-order valence-electron chi connectivity index (χ2n) is 4.84. The molecule has 1 fully saturated rings. The number of esters is 1. The maximum absolute atomic E-state index is 11.2. The van der Waals surface area contributed by atoms with E-state index in [4.69, 9.17) is 10.00 Å². The highest BCUT2D eigenvalue weighted by molar-refractivity contribution is 7.09. The normalized spacial score (nSPS) is 19.8. The van der Waals surface area contributed by atoms with Gasteiger partial charge in [-0.2, -0.15) is 5.26 Å². The van der Waals surface area contributed by atoms with Crippen molar-refractivity contribution in [2.45, 2.75) is 25.8 Å². The number of thiophene rings is 1. The van der Waals surface area contributed by atoms with Gasteiger partial charge in [-0.05, 0) is 30.8 Å². The van der Waals surface area contributed by atoms with E-state index in [1.165, 1.54) is 4.88 Å². The lowest BCUT2D eigenvalue weighted by molar-refractivity contribution is -0.144. The van der Waals surface area contributed by atoms with Crippen LogP contribution in [0.3, 0.4) is 0 Å². The Morgan fingerprint density at radius 1 is 1.63 bits per heavy atom. The van der Waals surface area contributed by atoms with Crippen LogP contribution in [0, 0.1) is 17.2 Å². The van der Waals surface area contributed by atoms with Gasteiger partial charge in [0.1, 0.15) is 6.42 Å². The monoisotopic (exact) mass is 278 g/mol. The number of ether oxygens (including phenoxy) is 1. The number of carbonyl (C=O) groups is 1. The van der Waals surface area contributed by atoms with Gasteiger partial charge < -0.3 is 4.74 Å². The van der Waals surface area contributed by atoms with E-state index in [0.29, 0.717) is 12.5 Å². The van der Waals surface area contributed by atoms with Crippen LogP contribution in [0.5, 0.6) is 0 Å². The van der Waals surface area contributed by atoms with Gasteiger partial charge in [0.05, 0.1) is 12.7 Å². The standard InChI is InChI=1S/C14H18N2O2S/c15-6-5-14(17)18-11-12-3-1-7-16(9-12)10-13-4-2-8-19-13/h2,4,8,12H,1,3,5,7,9-11H2. The van der Waals surface area contributed by atoms with E-state index < -0.39 is 5.97 Å². The molecule has 0 amide bonds. The largest absolute Gasteiger partial charge is 0.465 e. The minimum absolute atomic E-state index is 0.147. The van der Waals surface area contributed by atoms with Crippen molar-refractivity contribution in [1.29, 1.82) is 5.26 Å². The molecule has 0 N–H and O–H groups in total. The van der Waals surface area contributed by atoms with Crippen LogP contribution in [0.15, 0.2) is 17.5 Å². The van der Waals surface area contributed by atoms with Gasteiger partial charge in [0.25, 0.3) is 0 Å². The molecular formula is C14H18N2O2S. The first-order valence-electron chi connectivity index (χ1n) is 6.55. The molecule has 4 nitrogen and oxygen atoms in total. The molecule has 0 spiro atoms. The highest BCUT2D eigenvalue weighted by Crippen LogP contribution is 2.20. The number of carbonyl (C=O) groups excluding carboxylic acids is 1. The van der Waals surface area contributed by atoms with E-state index in [9.17, 15) is 4.79 Å². The van der Waals surface area contributed by atoms with E-state index in [-0.39, 0.29) is 6.42 Å². The van der Waals surface area contributed by atoms with Crippen LogP contribution >= 0.6 is 11.3 Å². The van der Waals surface area contributed by atoms with Crippen molar-refractivity contribution in [1.82, 2.24) is 4.90 Å². The SMILES string of the molecule is N#CCC(=O)OCC1CCCN(Cc2cccs2)C1. The molecule has 0 aliphatic carbocycles. The number of rotatable bonds is 5. The van der Waals surface area contributed by atoms with Crippen LogP contribution in [-0.4, -0.2) is 30.6 Å². The summed E-state index contributed by atoms with van der Waals surface area (Å²) < 4.78 is 5.12. The fraction of sp³-hybridized carbons (Fsp3) is 0.571. The molecule has 1 unspecified atom stereocenters. The Morgan fingerprint density at radius 3 is 3.26 bits per heavy atom. The van der Waals surface area contributed by atoms with Gasteiger partial charge in [0, 0.05) is 23.9 Å². The Balaban J connectivity index is 1.74. The fourth-order valence-corrected chi connectivity index (χ4v) is 3.13. The average molecular weight is 278 g/mol. The number of likely N-dealkylation sites (tertiary alicyclic amines) is 1. The van der Waals surface area contributed by atoms with Crippen LogP contribution < -0.4 is 0 Å². The summed E-state index contributed by atoms with van der Waals surface area (Å²) in [4.78, 5) is 15.0. The Bertz CT molecular complexity index is 439. The zero-order chi connectivity index (χ0) is 13.5. The quantitative estimate of drug-likeness (QED) is 0.776. The zero-order valence-corrected chi connectivity index (χ0v) is 11.7. The topological polar surface area (TPSA) is 53.3 Å². The predicted molar refractivity (Wildman–Crippen MR) is 73.5 cm³/mol. The van der Waals surface area contributed by atoms with Crippen molar-refractivity contribution in [2.75, 3.05) is 19.7 Å². The zero-order valence-electron chi connectivity index (χ0n) is 10.9. The fourth-order valence-electron chi connectivity index (χ4n) is 2.38. The summed E-state index contributed by atoms with van der Waals surface area (Å²) in [6.45, 7) is 3.51. The third-order valence-electron chi connectivity index (χ3n) is 3.27. The summed E-state index contributed by atoms with van der Waals surface area (Å²) in [5.74, 6) is -0.00534. The second kappa shape index (κ2) is 7.27. The van der Waals surface area contributed by atoms with Gasteiger partial charge >= 0.3 is 5.97 Å². The third kappa shape index (κ3) is 4.66. The summed E-state index contributed by atoms with van der Waals surface area (Å²) in [6, 6.07) is 6.04. The number of nitriles is 1. The lowest BCUT2D eigenvalue weighted by Gasteiger charge is -2.32. The van der Waals surface area contributed by atoms with E-state index in [1.807, 2.05) is 6.07 Å².